The fraction of sp³-hybridized carbons (Fsp3) is 0.214. The zero-order valence-electron chi connectivity index (χ0n) is 10.4. The van der Waals surface area contributed by atoms with Crippen molar-refractivity contribution in [1.82, 2.24) is 9.55 Å². The average molecular weight is 306 g/mol. The molecular weight excluding hydrogens is 290 g/mol. The van der Waals surface area contributed by atoms with Crippen LogP contribution in [0.25, 0.3) is 11.3 Å². The van der Waals surface area contributed by atoms with E-state index in [1.807, 2.05) is 34.9 Å². The number of allylic oxidation sites excluding steroid dienone is 1. The zero-order valence-corrected chi connectivity index (χ0v) is 11.9. The Balaban J connectivity index is 2.59. The molecule has 0 amide bonds. The molecule has 0 radical (unpaired) electrons. The monoisotopic (exact) mass is 305 g/mol. The van der Waals surface area contributed by atoms with Gasteiger partial charge in [0, 0.05) is 23.0 Å². The molecule has 1 aromatic carbocycles. The van der Waals surface area contributed by atoms with E-state index in [2.05, 4.69) is 34.4 Å². The van der Waals surface area contributed by atoms with Gasteiger partial charge in [0.25, 0.3) is 0 Å². The van der Waals surface area contributed by atoms with Crippen molar-refractivity contribution in [2.24, 2.45) is 0 Å². The van der Waals surface area contributed by atoms with Crippen LogP contribution in [0.15, 0.2) is 41.4 Å². The summed E-state index contributed by atoms with van der Waals surface area (Å²) in [6.45, 7) is 6.52. The molecule has 1 aromatic heterocycles. The van der Waals surface area contributed by atoms with E-state index in [1.54, 1.807) is 0 Å². The smallest absolute Gasteiger partial charge is 0.132 e. The number of rotatable bonds is 4. The first kappa shape index (κ1) is 12.9. The molecule has 18 heavy (non-hydrogen) atoms. The summed E-state index contributed by atoms with van der Waals surface area (Å²) in [5.41, 5.74) is 8.05. The molecule has 0 fully saturated rings. The van der Waals surface area contributed by atoms with E-state index < -0.39 is 0 Å². The summed E-state index contributed by atoms with van der Waals surface area (Å²) >= 11 is 3.54. The van der Waals surface area contributed by atoms with E-state index in [-0.39, 0.29) is 0 Å². The Labute approximate surface area is 115 Å². The van der Waals surface area contributed by atoms with Crippen LogP contribution in [0, 0.1) is 0 Å². The summed E-state index contributed by atoms with van der Waals surface area (Å²) in [6.07, 6.45) is 2.68. The minimum atomic E-state index is 0.687. The molecule has 0 unspecified atom stereocenters. The topological polar surface area (TPSA) is 43.8 Å². The van der Waals surface area contributed by atoms with Gasteiger partial charge in [0.15, 0.2) is 0 Å². The number of nitrogen functional groups attached to an aromatic ring is 1. The van der Waals surface area contributed by atoms with E-state index in [1.165, 1.54) is 0 Å². The van der Waals surface area contributed by atoms with Gasteiger partial charge in [-0.3, -0.25) is 0 Å². The molecule has 2 aromatic rings. The Hall–Kier alpha value is -1.55. The lowest BCUT2D eigenvalue weighted by Crippen LogP contribution is -2.05. The van der Waals surface area contributed by atoms with Crippen LogP contribution in [-0.2, 0) is 13.0 Å². The Kier molecular flexibility index (Phi) is 3.87. The molecule has 2 rings (SSSR count). The Bertz CT molecular complexity index is 572. The third-order valence-corrected chi connectivity index (χ3v) is 3.53. The van der Waals surface area contributed by atoms with Crippen LogP contribution >= 0.6 is 15.9 Å². The second-order valence-electron chi connectivity index (χ2n) is 3.99. The number of hydrogen-bond donors (Lipinski definition) is 1. The number of aryl methyl sites for hydroxylation is 1. The lowest BCUT2D eigenvalue weighted by atomic mass is 10.1. The first-order valence-corrected chi connectivity index (χ1v) is 6.69. The minimum absolute atomic E-state index is 0.687. The Morgan fingerprint density at radius 2 is 2.17 bits per heavy atom. The zero-order chi connectivity index (χ0) is 13.1. The van der Waals surface area contributed by atoms with Crippen molar-refractivity contribution >= 4 is 21.7 Å². The van der Waals surface area contributed by atoms with Crippen LogP contribution in [0.2, 0.25) is 0 Å². The van der Waals surface area contributed by atoms with Crippen molar-refractivity contribution < 1.29 is 0 Å². The summed E-state index contributed by atoms with van der Waals surface area (Å²) in [6, 6.07) is 7.97. The van der Waals surface area contributed by atoms with Gasteiger partial charge in [-0.2, -0.15) is 0 Å². The van der Waals surface area contributed by atoms with E-state index in [9.17, 15) is 0 Å². The number of anilines is 1. The lowest BCUT2D eigenvalue weighted by Gasteiger charge is -2.05. The molecule has 0 aliphatic carbocycles. The van der Waals surface area contributed by atoms with Gasteiger partial charge < -0.3 is 10.3 Å². The first-order chi connectivity index (χ1) is 8.69. The molecule has 0 saturated heterocycles. The van der Waals surface area contributed by atoms with E-state index in [4.69, 9.17) is 5.73 Å². The number of nitrogens with zero attached hydrogens (tertiary/aromatic N) is 2. The number of halogens is 1. The lowest BCUT2D eigenvalue weighted by molar-refractivity contribution is 0.757. The van der Waals surface area contributed by atoms with E-state index in [0.717, 1.165) is 28.0 Å². The standard InChI is InChI=1S/C14H16BrN3/c1-3-9-18-12(4-2)17-13(14(18)16)10-7-5-6-8-11(10)15/h3,5-8H,1,4,9,16H2,2H3. The van der Waals surface area contributed by atoms with Gasteiger partial charge in [0.1, 0.15) is 17.3 Å². The van der Waals surface area contributed by atoms with Gasteiger partial charge in [-0.25, -0.2) is 4.98 Å². The number of nitrogens with two attached hydrogens (primary N) is 1. The third-order valence-electron chi connectivity index (χ3n) is 2.84. The van der Waals surface area contributed by atoms with E-state index >= 15 is 0 Å². The highest BCUT2D eigenvalue weighted by Gasteiger charge is 2.15. The molecule has 0 saturated carbocycles. The summed E-state index contributed by atoms with van der Waals surface area (Å²) in [5, 5.41) is 0. The predicted molar refractivity (Wildman–Crippen MR) is 79.4 cm³/mol. The highest BCUT2D eigenvalue weighted by molar-refractivity contribution is 9.10. The molecule has 2 N–H and O–H groups in total. The van der Waals surface area contributed by atoms with Gasteiger partial charge >= 0.3 is 0 Å². The van der Waals surface area contributed by atoms with Gasteiger partial charge in [-0.15, -0.1) is 6.58 Å². The molecule has 3 nitrogen and oxygen atoms in total. The normalized spacial score (nSPS) is 10.6. The van der Waals surface area contributed by atoms with Crippen molar-refractivity contribution in [3.8, 4) is 11.3 Å². The quantitative estimate of drug-likeness (QED) is 0.876. The van der Waals surface area contributed by atoms with Crippen LogP contribution in [0.3, 0.4) is 0 Å². The summed E-state index contributed by atoms with van der Waals surface area (Å²) in [7, 11) is 0. The van der Waals surface area contributed by atoms with Gasteiger partial charge in [-0.1, -0.05) is 47.1 Å². The third kappa shape index (κ3) is 2.20. The Morgan fingerprint density at radius 1 is 1.44 bits per heavy atom. The maximum Gasteiger partial charge on any atom is 0.132 e. The second-order valence-corrected chi connectivity index (χ2v) is 4.85. The summed E-state index contributed by atoms with van der Waals surface area (Å²) in [5.74, 6) is 1.68. The first-order valence-electron chi connectivity index (χ1n) is 5.89. The number of aromatic nitrogens is 2. The number of imidazole rings is 1. The van der Waals surface area contributed by atoms with Crippen molar-refractivity contribution in [2.45, 2.75) is 19.9 Å². The van der Waals surface area contributed by atoms with E-state index in [0.29, 0.717) is 12.4 Å². The largest absolute Gasteiger partial charge is 0.383 e. The fourth-order valence-electron chi connectivity index (χ4n) is 1.97. The van der Waals surface area contributed by atoms with Crippen molar-refractivity contribution in [3.63, 3.8) is 0 Å². The van der Waals surface area contributed by atoms with Crippen molar-refractivity contribution in [2.75, 3.05) is 5.73 Å². The highest BCUT2D eigenvalue weighted by Crippen LogP contribution is 2.32. The molecule has 0 spiro atoms. The molecule has 94 valence electrons. The van der Waals surface area contributed by atoms with Crippen LogP contribution in [0.5, 0.6) is 0 Å². The Morgan fingerprint density at radius 3 is 2.78 bits per heavy atom. The SMILES string of the molecule is C=CCn1c(CC)nc(-c2ccccc2Br)c1N. The van der Waals surface area contributed by atoms with Gasteiger partial charge in [-0.05, 0) is 6.07 Å². The van der Waals surface area contributed by atoms with Crippen molar-refractivity contribution in [3.05, 3.63) is 47.2 Å². The molecule has 1 heterocycles. The predicted octanol–water partition coefficient (Wildman–Crippen LogP) is 3.64. The number of hydrogen-bond acceptors (Lipinski definition) is 2. The molecular formula is C14H16BrN3. The maximum absolute atomic E-state index is 6.20. The average Bonchev–Trinajstić information content (AvgIpc) is 2.68. The van der Waals surface area contributed by atoms with Crippen LogP contribution in [-0.4, -0.2) is 9.55 Å². The van der Waals surface area contributed by atoms with Crippen LogP contribution < -0.4 is 5.73 Å². The maximum atomic E-state index is 6.20. The second kappa shape index (κ2) is 5.40. The molecule has 0 aliphatic rings. The highest BCUT2D eigenvalue weighted by atomic mass is 79.9. The van der Waals surface area contributed by atoms with Crippen molar-refractivity contribution in [1.29, 1.82) is 0 Å². The fourth-order valence-corrected chi connectivity index (χ4v) is 2.44. The van der Waals surface area contributed by atoms with Gasteiger partial charge in [0.05, 0.1) is 0 Å². The summed E-state index contributed by atoms with van der Waals surface area (Å²) < 4.78 is 3.00. The summed E-state index contributed by atoms with van der Waals surface area (Å²) in [4.78, 5) is 4.64. The van der Waals surface area contributed by atoms with Gasteiger partial charge in [0.2, 0.25) is 0 Å². The molecule has 0 bridgehead atoms. The van der Waals surface area contributed by atoms with Crippen LogP contribution in [0.1, 0.15) is 12.7 Å². The molecule has 0 atom stereocenters. The van der Waals surface area contributed by atoms with Crippen LogP contribution in [0.4, 0.5) is 5.82 Å². The molecule has 4 heteroatoms. The molecule has 0 aliphatic heterocycles. The number of benzene rings is 1. The minimum Gasteiger partial charge on any atom is -0.383 e.